The largest absolute Gasteiger partial charge is 0.369 e. The molecule has 9 nitrogen and oxygen atoms in total. The van der Waals surface area contributed by atoms with Crippen molar-refractivity contribution in [3.63, 3.8) is 0 Å². The third-order valence-corrected chi connectivity index (χ3v) is 7.11. The molecule has 2 amide bonds. The topological polar surface area (TPSA) is 118 Å². The Morgan fingerprint density at radius 3 is 2.46 bits per heavy atom. The van der Waals surface area contributed by atoms with E-state index >= 15 is 0 Å². The molecule has 0 unspecified atom stereocenters. The summed E-state index contributed by atoms with van der Waals surface area (Å²) in [5.41, 5.74) is 6.95. The van der Waals surface area contributed by atoms with Crippen LogP contribution >= 0.6 is 11.6 Å². The smallest absolute Gasteiger partial charge is 0.261 e. The van der Waals surface area contributed by atoms with Gasteiger partial charge in [-0.1, -0.05) is 28.9 Å². The van der Waals surface area contributed by atoms with Gasteiger partial charge in [0.05, 0.1) is 5.56 Å². The van der Waals surface area contributed by atoms with Crippen LogP contribution in [-0.4, -0.2) is 58.0 Å². The normalized spacial score (nSPS) is 17.5. The number of nitrogens with zero attached hydrogens (tertiary/aromatic N) is 5. The van der Waals surface area contributed by atoms with Gasteiger partial charge in [0.1, 0.15) is 5.82 Å². The van der Waals surface area contributed by atoms with Gasteiger partial charge in [0.15, 0.2) is 0 Å². The highest BCUT2D eigenvalue weighted by molar-refractivity contribution is 6.30. The van der Waals surface area contributed by atoms with Gasteiger partial charge in [-0.15, -0.1) is 0 Å². The molecule has 0 bridgehead atoms. The summed E-state index contributed by atoms with van der Waals surface area (Å²) in [6.45, 7) is 2.60. The predicted octanol–water partition coefficient (Wildman–Crippen LogP) is 3.39. The fraction of sp³-hybridized carbons (Fsp3) is 0.400. The van der Waals surface area contributed by atoms with Crippen molar-refractivity contribution >= 4 is 29.2 Å². The van der Waals surface area contributed by atoms with Crippen molar-refractivity contribution in [3.8, 4) is 22.8 Å². The van der Waals surface area contributed by atoms with Crippen LogP contribution in [-0.2, 0) is 9.59 Å². The van der Waals surface area contributed by atoms with Gasteiger partial charge in [-0.3, -0.25) is 9.59 Å². The molecule has 182 valence electrons. The number of amides is 2. The lowest BCUT2D eigenvalue weighted by molar-refractivity contribution is -0.139. The van der Waals surface area contributed by atoms with E-state index in [0.717, 1.165) is 29.8 Å². The fourth-order valence-corrected chi connectivity index (χ4v) is 5.06. The van der Waals surface area contributed by atoms with Crippen LogP contribution in [0.4, 0.5) is 5.82 Å². The first kappa shape index (κ1) is 23.3. The molecule has 1 aromatic carbocycles. The van der Waals surface area contributed by atoms with Gasteiger partial charge in [-0.2, -0.15) is 4.98 Å². The average Bonchev–Trinajstić information content (AvgIpc) is 3.39. The molecule has 0 saturated carbocycles. The molecule has 10 heteroatoms. The number of anilines is 1. The number of pyridine rings is 1. The average molecular weight is 495 g/mol. The van der Waals surface area contributed by atoms with Crippen molar-refractivity contribution in [1.82, 2.24) is 20.0 Å². The highest BCUT2D eigenvalue weighted by Crippen LogP contribution is 2.33. The van der Waals surface area contributed by atoms with Crippen LogP contribution in [0.2, 0.25) is 5.02 Å². The van der Waals surface area contributed by atoms with Crippen LogP contribution in [0.3, 0.4) is 0 Å². The Morgan fingerprint density at radius 1 is 1.00 bits per heavy atom. The summed E-state index contributed by atoms with van der Waals surface area (Å²) >= 11 is 6.10. The summed E-state index contributed by atoms with van der Waals surface area (Å²) in [6, 6.07) is 11.1. The number of nitrogens with two attached hydrogens (primary N) is 1. The van der Waals surface area contributed by atoms with Gasteiger partial charge in [0, 0.05) is 54.8 Å². The lowest BCUT2D eigenvalue weighted by Gasteiger charge is -2.37. The Bertz CT molecular complexity index is 1220. The summed E-state index contributed by atoms with van der Waals surface area (Å²) in [7, 11) is 0. The second-order valence-electron chi connectivity index (χ2n) is 9.07. The molecule has 0 radical (unpaired) electrons. The Labute approximate surface area is 208 Å². The summed E-state index contributed by atoms with van der Waals surface area (Å²) < 4.78 is 5.58. The maximum absolute atomic E-state index is 13.1. The number of aromatic nitrogens is 3. The van der Waals surface area contributed by atoms with Crippen LogP contribution in [0.1, 0.15) is 25.7 Å². The lowest BCUT2D eigenvalue weighted by atomic mass is 9.91. The van der Waals surface area contributed by atoms with E-state index in [0.29, 0.717) is 55.8 Å². The molecule has 2 aliphatic rings. The number of carbonyl (C=O) groups excluding carboxylic acids is 2. The van der Waals surface area contributed by atoms with E-state index in [-0.39, 0.29) is 23.7 Å². The first-order valence-electron chi connectivity index (χ1n) is 11.9. The minimum atomic E-state index is -0.266. The number of benzene rings is 1. The van der Waals surface area contributed by atoms with Crippen LogP contribution in [0.25, 0.3) is 22.8 Å². The van der Waals surface area contributed by atoms with Crippen molar-refractivity contribution in [3.05, 3.63) is 47.6 Å². The van der Waals surface area contributed by atoms with Gasteiger partial charge >= 0.3 is 0 Å². The zero-order chi connectivity index (χ0) is 24.4. The van der Waals surface area contributed by atoms with Crippen molar-refractivity contribution < 1.29 is 14.1 Å². The Hall–Kier alpha value is -3.46. The zero-order valence-electron chi connectivity index (χ0n) is 19.3. The van der Waals surface area contributed by atoms with Gasteiger partial charge in [-0.05, 0) is 49.9 Å². The number of primary amides is 1. The molecule has 4 heterocycles. The number of likely N-dealkylation sites (tertiary alicyclic amines) is 1. The molecule has 2 N–H and O–H groups in total. The molecule has 2 saturated heterocycles. The van der Waals surface area contributed by atoms with E-state index < -0.39 is 0 Å². The molecular weight excluding hydrogens is 468 g/mol. The van der Waals surface area contributed by atoms with Crippen molar-refractivity contribution in [2.75, 3.05) is 31.1 Å². The van der Waals surface area contributed by atoms with Crippen LogP contribution in [0, 0.1) is 11.8 Å². The second kappa shape index (κ2) is 10.0. The maximum Gasteiger partial charge on any atom is 0.261 e. The molecule has 5 rings (SSSR count). The maximum atomic E-state index is 13.1. The van der Waals surface area contributed by atoms with Crippen molar-refractivity contribution in [2.45, 2.75) is 25.7 Å². The summed E-state index contributed by atoms with van der Waals surface area (Å²) in [5.74, 6) is 1.38. The molecule has 0 spiro atoms. The second-order valence-corrected chi connectivity index (χ2v) is 9.51. The van der Waals surface area contributed by atoms with Crippen molar-refractivity contribution in [1.29, 1.82) is 0 Å². The summed E-state index contributed by atoms with van der Waals surface area (Å²) in [5, 5.41) is 4.73. The SMILES string of the molecule is NC(=O)C1CCN(C(=O)C2CCN(c3ncccc3-c3nc(-c4cccc(Cl)c4)no3)CC2)CC1. The molecule has 0 atom stereocenters. The van der Waals surface area contributed by atoms with Crippen LogP contribution in [0.15, 0.2) is 47.1 Å². The minimum Gasteiger partial charge on any atom is -0.369 e. The highest BCUT2D eigenvalue weighted by atomic mass is 35.5. The number of hydrogen-bond acceptors (Lipinski definition) is 7. The standard InChI is InChI=1S/C25H27ClN6O3/c26-19-4-1-3-18(15-19)22-29-24(35-30-22)20-5-2-10-28-23(20)31-11-8-17(9-12-31)25(34)32-13-6-16(7-14-32)21(27)33/h1-5,10,15-17H,6-9,11-14H2,(H2,27,33). The number of halogens is 1. The third kappa shape index (κ3) is 5.00. The Balaban J connectivity index is 1.25. The molecule has 2 fully saturated rings. The Kier molecular flexibility index (Phi) is 6.68. The summed E-state index contributed by atoms with van der Waals surface area (Å²) in [4.78, 5) is 37.7. The monoisotopic (exact) mass is 494 g/mol. The number of rotatable bonds is 5. The minimum absolute atomic E-state index is 0.0265. The van der Waals surface area contributed by atoms with E-state index in [4.69, 9.17) is 21.9 Å². The quantitative estimate of drug-likeness (QED) is 0.577. The van der Waals surface area contributed by atoms with Gasteiger partial charge in [0.25, 0.3) is 5.89 Å². The van der Waals surface area contributed by atoms with E-state index in [1.54, 1.807) is 18.3 Å². The Morgan fingerprint density at radius 2 is 1.74 bits per heavy atom. The van der Waals surface area contributed by atoms with Crippen molar-refractivity contribution in [2.24, 2.45) is 17.6 Å². The van der Waals surface area contributed by atoms with E-state index in [9.17, 15) is 9.59 Å². The predicted molar refractivity (Wildman–Crippen MR) is 131 cm³/mol. The molecule has 2 aliphatic heterocycles. The zero-order valence-corrected chi connectivity index (χ0v) is 20.0. The van der Waals surface area contributed by atoms with E-state index in [1.807, 2.05) is 29.2 Å². The van der Waals surface area contributed by atoms with Crippen LogP contribution < -0.4 is 10.6 Å². The van der Waals surface area contributed by atoms with E-state index in [2.05, 4.69) is 20.0 Å². The third-order valence-electron chi connectivity index (χ3n) is 6.88. The molecule has 2 aromatic heterocycles. The first-order chi connectivity index (χ1) is 17.0. The summed E-state index contributed by atoms with van der Waals surface area (Å²) in [6.07, 6.45) is 4.52. The number of piperidine rings is 2. The van der Waals surface area contributed by atoms with E-state index in [1.165, 1.54) is 0 Å². The fourth-order valence-electron chi connectivity index (χ4n) is 4.87. The van der Waals surface area contributed by atoms with Gasteiger partial charge < -0.3 is 20.1 Å². The van der Waals surface area contributed by atoms with Crippen LogP contribution in [0.5, 0.6) is 0 Å². The highest BCUT2D eigenvalue weighted by Gasteiger charge is 2.33. The van der Waals surface area contributed by atoms with Gasteiger partial charge in [-0.25, -0.2) is 4.98 Å². The molecule has 3 aromatic rings. The molecule has 0 aliphatic carbocycles. The molecular formula is C25H27ClN6O3. The first-order valence-corrected chi connectivity index (χ1v) is 12.3. The molecule has 35 heavy (non-hydrogen) atoms. The lowest BCUT2D eigenvalue weighted by Crippen LogP contribution is -2.47. The number of hydrogen-bond donors (Lipinski definition) is 1. The number of carbonyl (C=O) groups is 2. The van der Waals surface area contributed by atoms with Gasteiger partial charge in [0.2, 0.25) is 17.6 Å².